The summed E-state index contributed by atoms with van der Waals surface area (Å²) in [5, 5.41) is 5.97. The summed E-state index contributed by atoms with van der Waals surface area (Å²) < 4.78 is 13.8. The van der Waals surface area contributed by atoms with Crippen LogP contribution in [0.1, 0.15) is 49.9 Å². The molecular formula is C16H23FN2O. The average Bonchev–Trinajstić information content (AvgIpc) is 2.43. The largest absolute Gasteiger partial charge is 0.382 e. The Morgan fingerprint density at radius 2 is 2.00 bits per heavy atom. The molecule has 1 fully saturated rings. The highest BCUT2D eigenvalue weighted by Crippen LogP contribution is 2.25. The van der Waals surface area contributed by atoms with Gasteiger partial charge in [0, 0.05) is 12.6 Å². The summed E-state index contributed by atoms with van der Waals surface area (Å²) in [5.41, 5.74) is 0.696. The van der Waals surface area contributed by atoms with Gasteiger partial charge >= 0.3 is 0 Å². The van der Waals surface area contributed by atoms with E-state index in [0.29, 0.717) is 17.8 Å². The SMILES string of the molecule is CCNc1c(F)cccc1C(=O)NC1CCC(C)CC1. The number of nitrogens with one attached hydrogen (secondary N) is 2. The first kappa shape index (κ1) is 14.8. The molecule has 0 unspecified atom stereocenters. The Balaban J connectivity index is 2.07. The molecule has 1 aromatic rings. The summed E-state index contributed by atoms with van der Waals surface area (Å²) in [7, 11) is 0. The van der Waals surface area contributed by atoms with E-state index in [9.17, 15) is 9.18 Å². The van der Waals surface area contributed by atoms with Crippen molar-refractivity contribution in [1.29, 1.82) is 0 Å². The zero-order valence-electron chi connectivity index (χ0n) is 12.2. The van der Waals surface area contributed by atoms with Crippen molar-refractivity contribution < 1.29 is 9.18 Å². The van der Waals surface area contributed by atoms with Crippen molar-refractivity contribution >= 4 is 11.6 Å². The van der Waals surface area contributed by atoms with Crippen LogP contribution >= 0.6 is 0 Å². The summed E-state index contributed by atoms with van der Waals surface area (Å²) in [4.78, 5) is 12.3. The maximum absolute atomic E-state index is 13.8. The number of anilines is 1. The lowest BCUT2D eigenvalue weighted by Crippen LogP contribution is -2.37. The summed E-state index contributed by atoms with van der Waals surface area (Å²) in [6.07, 6.45) is 4.32. The third-order valence-electron chi connectivity index (χ3n) is 3.96. The van der Waals surface area contributed by atoms with E-state index < -0.39 is 0 Å². The maximum Gasteiger partial charge on any atom is 0.253 e. The lowest BCUT2D eigenvalue weighted by atomic mass is 9.87. The van der Waals surface area contributed by atoms with Crippen molar-refractivity contribution in [2.24, 2.45) is 5.92 Å². The first-order chi connectivity index (χ1) is 9.61. The zero-order chi connectivity index (χ0) is 14.5. The first-order valence-corrected chi connectivity index (χ1v) is 7.45. The van der Waals surface area contributed by atoms with E-state index in [-0.39, 0.29) is 17.8 Å². The smallest absolute Gasteiger partial charge is 0.253 e. The Labute approximate surface area is 120 Å². The highest BCUT2D eigenvalue weighted by molar-refractivity contribution is 5.99. The van der Waals surface area contributed by atoms with Crippen LogP contribution in [0.3, 0.4) is 0 Å². The molecule has 1 aromatic carbocycles. The third kappa shape index (κ3) is 3.50. The van der Waals surface area contributed by atoms with Crippen LogP contribution in [0.15, 0.2) is 18.2 Å². The van der Waals surface area contributed by atoms with Crippen LogP contribution in [0.2, 0.25) is 0 Å². The van der Waals surface area contributed by atoms with Gasteiger partial charge in [0.05, 0.1) is 11.3 Å². The number of benzene rings is 1. The van der Waals surface area contributed by atoms with E-state index in [0.717, 1.165) is 31.6 Å². The molecule has 2 N–H and O–H groups in total. The van der Waals surface area contributed by atoms with Crippen LogP contribution in [0.25, 0.3) is 0 Å². The number of hydrogen-bond acceptors (Lipinski definition) is 2. The van der Waals surface area contributed by atoms with Gasteiger partial charge in [-0.3, -0.25) is 4.79 Å². The summed E-state index contributed by atoms with van der Waals surface area (Å²) in [6.45, 7) is 4.71. The van der Waals surface area contributed by atoms with Crippen molar-refractivity contribution in [3.8, 4) is 0 Å². The Bertz CT molecular complexity index is 468. The van der Waals surface area contributed by atoms with Gasteiger partial charge in [-0.15, -0.1) is 0 Å². The summed E-state index contributed by atoms with van der Waals surface area (Å²) in [5.74, 6) is 0.186. The molecule has 0 atom stereocenters. The van der Waals surface area contributed by atoms with Gasteiger partial charge in [-0.25, -0.2) is 4.39 Å². The molecule has 1 aliphatic carbocycles. The maximum atomic E-state index is 13.8. The second-order valence-electron chi connectivity index (χ2n) is 5.62. The summed E-state index contributed by atoms with van der Waals surface area (Å²) >= 11 is 0. The predicted octanol–water partition coefficient (Wildman–Crippen LogP) is 3.57. The third-order valence-corrected chi connectivity index (χ3v) is 3.96. The van der Waals surface area contributed by atoms with Gasteiger partial charge in [0.1, 0.15) is 5.82 Å². The molecule has 0 spiro atoms. The Kier molecular flexibility index (Phi) is 4.99. The van der Waals surface area contributed by atoms with E-state index in [4.69, 9.17) is 0 Å². The minimum absolute atomic E-state index is 0.181. The Morgan fingerprint density at radius 3 is 2.65 bits per heavy atom. The molecule has 0 bridgehead atoms. The van der Waals surface area contributed by atoms with Crippen molar-refractivity contribution in [2.45, 2.75) is 45.6 Å². The fourth-order valence-corrected chi connectivity index (χ4v) is 2.74. The van der Waals surface area contributed by atoms with Crippen molar-refractivity contribution in [3.63, 3.8) is 0 Å². The topological polar surface area (TPSA) is 41.1 Å². The minimum Gasteiger partial charge on any atom is -0.382 e. The van der Waals surface area contributed by atoms with Crippen molar-refractivity contribution in [1.82, 2.24) is 5.32 Å². The molecule has 3 nitrogen and oxygen atoms in total. The number of rotatable bonds is 4. The van der Waals surface area contributed by atoms with E-state index in [2.05, 4.69) is 17.6 Å². The highest BCUT2D eigenvalue weighted by atomic mass is 19.1. The molecule has 0 heterocycles. The fraction of sp³-hybridized carbons (Fsp3) is 0.562. The molecule has 20 heavy (non-hydrogen) atoms. The number of halogens is 1. The van der Waals surface area contributed by atoms with Crippen LogP contribution in [0, 0.1) is 11.7 Å². The fourth-order valence-electron chi connectivity index (χ4n) is 2.74. The molecule has 0 radical (unpaired) electrons. The Hall–Kier alpha value is -1.58. The van der Waals surface area contributed by atoms with Gasteiger partial charge in [0.15, 0.2) is 0 Å². The highest BCUT2D eigenvalue weighted by Gasteiger charge is 2.22. The molecule has 4 heteroatoms. The van der Waals surface area contributed by atoms with E-state index in [1.54, 1.807) is 12.1 Å². The zero-order valence-corrected chi connectivity index (χ0v) is 12.2. The quantitative estimate of drug-likeness (QED) is 0.884. The molecular weight excluding hydrogens is 255 g/mol. The normalized spacial score (nSPS) is 22.4. The van der Waals surface area contributed by atoms with Gasteiger partial charge < -0.3 is 10.6 Å². The molecule has 1 aliphatic rings. The first-order valence-electron chi connectivity index (χ1n) is 7.45. The predicted molar refractivity (Wildman–Crippen MR) is 79.4 cm³/mol. The van der Waals surface area contributed by atoms with Crippen LogP contribution in [0.4, 0.5) is 10.1 Å². The van der Waals surface area contributed by atoms with E-state index >= 15 is 0 Å². The van der Waals surface area contributed by atoms with Gasteiger partial charge in [-0.05, 0) is 50.7 Å². The molecule has 2 rings (SSSR count). The number of para-hydroxylation sites is 1. The summed E-state index contributed by atoms with van der Waals surface area (Å²) in [6, 6.07) is 4.84. The lowest BCUT2D eigenvalue weighted by molar-refractivity contribution is 0.0923. The van der Waals surface area contributed by atoms with Crippen molar-refractivity contribution in [2.75, 3.05) is 11.9 Å². The van der Waals surface area contributed by atoms with Crippen LogP contribution in [-0.4, -0.2) is 18.5 Å². The number of amides is 1. The number of hydrogen-bond donors (Lipinski definition) is 2. The van der Waals surface area contributed by atoms with E-state index in [1.165, 1.54) is 6.07 Å². The molecule has 0 aliphatic heterocycles. The molecule has 0 saturated heterocycles. The minimum atomic E-state index is -0.378. The standard InChI is InChI=1S/C16H23FN2O/c1-3-18-15-13(5-4-6-14(15)17)16(20)19-12-9-7-11(2)8-10-12/h4-6,11-12,18H,3,7-10H2,1-2H3,(H,19,20). The van der Waals surface area contributed by atoms with Crippen LogP contribution in [-0.2, 0) is 0 Å². The van der Waals surface area contributed by atoms with Gasteiger partial charge in [0.25, 0.3) is 5.91 Å². The van der Waals surface area contributed by atoms with Gasteiger partial charge in [-0.1, -0.05) is 13.0 Å². The van der Waals surface area contributed by atoms with Crippen LogP contribution < -0.4 is 10.6 Å². The monoisotopic (exact) mass is 278 g/mol. The van der Waals surface area contributed by atoms with Crippen molar-refractivity contribution in [3.05, 3.63) is 29.6 Å². The lowest BCUT2D eigenvalue weighted by Gasteiger charge is -2.27. The molecule has 1 amide bonds. The molecule has 110 valence electrons. The van der Waals surface area contributed by atoms with Gasteiger partial charge in [0.2, 0.25) is 0 Å². The second kappa shape index (κ2) is 6.73. The van der Waals surface area contributed by atoms with Crippen LogP contribution in [0.5, 0.6) is 0 Å². The van der Waals surface area contributed by atoms with E-state index in [1.807, 2.05) is 6.92 Å². The average molecular weight is 278 g/mol. The molecule has 0 aromatic heterocycles. The second-order valence-corrected chi connectivity index (χ2v) is 5.62. The number of carbonyl (C=O) groups excluding carboxylic acids is 1. The molecule has 1 saturated carbocycles. The van der Waals surface area contributed by atoms with Gasteiger partial charge in [-0.2, -0.15) is 0 Å². The Morgan fingerprint density at radius 1 is 1.30 bits per heavy atom. The number of carbonyl (C=O) groups is 1.